The topological polar surface area (TPSA) is 57.5 Å². The van der Waals surface area contributed by atoms with Crippen molar-refractivity contribution in [3.63, 3.8) is 0 Å². The first-order chi connectivity index (χ1) is 12.2. The summed E-state index contributed by atoms with van der Waals surface area (Å²) < 4.78 is 1.86. The summed E-state index contributed by atoms with van der Waals surface area (Å²) in [6, 6.07) is 0.773. The molecule has 0 radical (unpaired) electrons. The molecule has 1 saturated heterocycles. The van der Waals surface area contributed by atoms with E-state index in [2.05, 4.69) is 40.7 Å². The number of piperidine rings is 1. The van der Waals surface area contributed by atoms with Crippen molar-refractivity contribution >= 4 is 29.9 Å². The molecule has 150 valence electrons. The first kappa shape index (κ1) is 23.2. The van der Waals surface area contributed by atoms with Crippen LogP contribution in [0.15, 0.2) is 17.4 Å². The van der Waals surface area contributed by atoms with E-state index in [9.17, 15) is 0 Å². The van der Waals surface area contributed by atoms with Gasteiger partial charge in [0.2, 0.25) is 0 Å². The zero-order valence-corrected chi connectivity index (χ0v) is 19.0. The third-order valence-electron chi connectivity index (χ3n) is 4.91. The van der Waals surface area contributed by atoms with Gasteiger partial charge in [-0.15, -0.1) is 24.0 Å². The van der Waals surface area contributed by atoms with Crippen LogP contribution in [-0.4, -0.2) is 59.4 Å². The third-order valence-corrected chi connectivity index (χ3v) is 4.91. The lowest BCUT2D eigenvalue weighted by molar-refractivity contribution is 0.147. The average Bonchev–Trinajstić information content (AvgIpc) is 3.04. The number of rotatable bonds is 9. The monoisotopic (exact) mass is 476 g/mol. The molecule has 0 aliphatic carbocycles. The summed E-state index contributed by atoms with van der Waals surface area (Å²) in [5.74, 6) is 0.943. The Morgan fingerprint density at radius 2 is 2.15 bits per heavy atom. The smallest absolute Gasteiger partial charge is 0.191 e. The molecule has 0 saturated carbocycles. The predicted molar refractivity (Wildman–Crippen MR) is 120 cm³/mol. The molecule has 6 nitrogen and oxygen atoms in total. The molecule has 1 unspecified atom stereocenters. The lowest BCUT2D eigenvalue weighted by atomic mass is 10.0. The fourth-order valence-electron chi connectivity index (χ4n) is 3.55. The summed E-state index contributed by atoms with van der Waals surface area (Å²) in [6.07, 6.45) is 11.5. The van der Waals surface area contributed by atoms with E-state index in [0.717, 1.165) is 51.0 Å². The number of guanidine groups is 1. The first-order valence-electron chi connectivity index (χ1n) is 9.96. The minimum Gasteiger partial charge on any atom is -0.357 e. The molecule has 1 aliphatic heterocycles. The van der Waals surface area contributed by atoms with Gasteiger partial charge in [0.05, 0.1) is 6.20 Å². The number of aliphatic imine (C=N–C) groups is 1. The van der Waals surface area contributed by atoms with E-state index in [0.29, 0.717) is 0 Å². The summed E-state index contributed by atoms with van der Waals surface area (Å²) in [6.45, 7) is 9.48. The van der Waals surface area contributed by atoms with E-state index in [1.54, 1.807) is 0 Å². The first-order valence-corrected chi connectivity index (χ1v) is 9.96. The van der Waals surface area contributed by atoms with Crippen LogP contribution in [0.1, 0.15) is 51.5 Å². The summed E-state index contributed by atoms with van der Waals surface area (Å²) >= 11 is 0. The van der Waals surface area contributed by atoms with Crippen molar-refractivity contribution in [2.75, 3.05) is 32.7 Å². The van der Waals surface area contributed by atoms with E-state index in [1.165, 1.54) is 37.8 Å². The van der Waals surface area contributed by atoms with Crippen LogP contribution in [-0.2, 0) is 13.5 Å². The van der Waals surface area contributed by atoms with Gasteiger partial charge in [0.1, 0.15) is 0 Å². The van der Waals surface area contributed by atoms with Crippen molar-refractivity contribution in [2.45, 2.75) is 58.4 Å². The Kier molecular flexibility index (Phi) is 11.9. The van der Waals surface area contributed by atoms with Gasteiger partial charge in [0, 0.05) is 45.5 Å². The second-order valence-corrected chi connectivity index (χ2v) is 6.91. The van der Waals surface area contributed by atoms with Crippen molar-refractivity contribution in [1.82, 2.24) is 25.3 Å². The van der Waals surface area contributed by atoms with Crippen molar-refractivity contribution < 1.29 is 0 Å². The number of aromatic nitrogens is 2. The van der Waals surface area contributed by atoms with Crippen LogP contribution in [0.3, 0.4) is 0 Å². The molecular weight excluding hydrogens is 439 g/mol. The quantitative estimate of drug-likeness (QED) is 0.249. The molecule has 1 atom stereocenters. The SMILES string of the molecule is CCNC(=NCCCc1cnn(C)c1)NCCN1CCCCC1CC.I. The normalized spacial score (nSPS) is 18.4. The van der Waals surface area contributed by atoms with Crippen LogP contribution in [0.2, 0.25) is 0 Å². The lowest BCUT2D eigenvalue weighted by Crippen LogP contribution is -2.46. The molecule has 0 aromatic carbocycles. The Bertz CT molecular complexity index is 516. The molecule has 1 aromatic rings. The Morgan fingerprint density at radius 3 is 2.85 bits per heavy atom. The fourth-order valence-corrected chi connectivity index (χ4v) is 3.55. The van der Waals surface area contributed by atoms with E-state index in [4.69, 9.17) is 4.99 Å². The van der Waals surface area contributed by atoms with Crippen molar-refractivity contribution in [3.05, 3.63) is 18.0 Å². The van der Waals surface area contributed by atoms with Crippen LogP contribution in [0.25, 0.3) is 0 Å². The van der Waals surface area contributed by atoms with Gasteiger partial charge in [0.25, 0.3) is 0 Å². The van der Waals surface area contributed by atoms with Crippen LogP contribution in [0.4, 0.5) is 0 Å². The minimum atomic E-state index is 0. The van der Waals surface area contributed by atoms with Crippen molar-refractivity contribution in [1.29, 1.82) is 0 Å². The highest BCUT2D eigenvalue weighted by Gasteiger charge is 2.19. The molecule has 0 bridgehead atoms. The summed E-state index contributed by atoms with van der Waals surface area (Å²) in [4.78, 5) is 7.35. The molecule has 0 amide bonds. The van der Waals surface area contributed by atoms with Crippen molar-refractivity contribution in [2.24, 2.45) is 12.0 Å². The number of likely N-dealkylation sites (tertiary alicyclic amines) is 1. The zero-order chi connectivity index (χ0) is 17.9. The van der Waals surface area contributed by atoms with E-state index < -0.39 is 0 Å². The third kappa shape index (κ3) is 8.24. The molecule has 2 rings (SSSR count). The van der Waals surface area contributed by atoms with Gasteiger partial charge in [0.15, 0.2) is 5.96 Å². The van der Waals surface area contributed by atoms with Gasteiger partial charge in [-0.1, -0.05) is 13.3 Å². The molecule has 26 heavy (non-hydrogen) atoms. The molecule has 2 heterocycles. The Morgan fingerprint density at radius 1 is 1.31 bits per heavy atom. The van der Waals surface area contributed by atoms with Gasteiger partial charge in [-0.05, 0) is 51.1 Å². The van der Waals surface area contributed by atoms with Crippen molar-refractivity contribution in [3.8, 4) is 0 Å². The van der Waals surface area contributed by atoms with Gasteiger partial charge >= 0.3 is 0 Å². The number of halogens is 1. The van der Waals surface area contributed by atoms with Gasteiger partial charge in [-0.3, -0.25) is 14.6 Å². The molecule has 2 N–H and O–H groups in total. The maximum Gasteiger partial charge on any atom is 0.191 e. The molecule has 1 fully saturated rings. The van der Waals surface area contributed by atoms with E-state index in [1.807, 2.05) is 17.9 Å². The summed E-state index contributed by atoms with van der Waals surface area (Å²) in [5.41, 5.74) is 1.28. The molecule has 1 aliphatic rings. The van der Waals surface area contributed by atoms with Gasteiger partial charge in [-0.25, -0.2) is 0 Å². The highest BCUT2D eigenvalue weighted by atomic mass is 127. The Balaban J connectivity index is 0.00000338. The molecule has 1 aromatic heterocycles. The number of hydrogen-bond donors (Lipinski definition) is 2. The Hall–Kier alpha value is -0.830. The number of nitrogens with zero attached hydrogens (tertiary/aromatic N) is 4. The average molecular weight is 476 g/mol. The van der Waals surface area contributed by atoms with Crippen LogP contribution < -0.4 is 10.6 Å². The van der Waals surface area contributed by atoms with E-state index >= 15 is 0 Å². The summed E-state index contributed by atoms with van der Waals surface area (Å²) in [7, 11) is 1.96. The molecule has 0 spiro atoms. The van der Waals surface area contributed by atoms with Crippen LogP contribution >= 0.6 is 24.0 Å². The zero-order valence-electron chi connectivity index (χ0n) is 16.7. The maximum atomic E-state index is 4.71. The second-order valence-electron chi connectivity index (χ2n) is 6.91. The number of nitrogens with one attached hydrogen (secondary N) is 2. The van der Waals surface area contributed by atoms with Crippen LogP contribution in [0, 0.1) is 0 Å². The predicted octanol–water partition coefficient (Wildman–Crippen LogP) is 2.79. The second kappa shape index (κ2) is 13.4. The maximum absolute atomic E-state index is 4.71. The highest BCUT2D eigenvalue weighted by Crippen LogP contribution is 2.18. The Labute approximate surface area is 176 Å². The number of aryl methyl sites for hydroxylation is 2. The molecule has 7 heteroatoms. The lowest BCUT2D eigenvalue weighted by Gasteiger charge is -2.35. The minimum absolute atomic E-state index is 0. The van der Waals surface area contributed by atoms with Crippen LogP contribution in [0.5, 0.6) is 0 Å². The van der Waals surface area contributed by atoms with Gasteiger partial charge in [-0.2, -0.15) is 5.10 Å². The highest BCUT2D eigenvalue weighted by molar-refractivity contribution is 14.0. The standard InChI is InChI=1S/C19H36N6.HI/c1-4-18-10-6-7-13-25(18)14-12-22-19(20-5-2)21-11-8-9-17-15-23-24(3)16-17;/h15-16,18H,4-14H2,1-3H3,(H2,20,21,22);1H. The number of hydrogen-bond acceptors (Lipinski definition) is 3. The fraction of sp³-hybridized carbons (Fsp3) is 0.789. The molecular formula is C19H37IN6. The summed E-state index contributed by atoms with van der Waals surface area (Å²) in [5, 5.41) is 11.1. The van der Waals surface area contributed by atoms with Gasteiger partial charge < -0.3 is 10.6 Å². The largest absolute Gasteiger partial charge is 0.357 e. The van der Waals surface area contributed by atoms with E-state index in [-0.39, 0.29) is 24.0 Å².